The molecule has 0 aliphatic rings. The lowest BCUT2D eigenvalue weighted by Gasteiger charge is -2.14. The number of likely N-dealkylation sites (N-methyl/N-ethyl adjacent to an activating group) is 1. The third kappa shape index (κ3) is 3.01. The van der Waals surface area contributed by atoms with E-state index in [4.69, 9.17) is 0 Å². The Morgan fingerprint density at radius 1 is 1.57 bits per heavy atom. The van der Waals surface area contributed by atoms with E-state index in [0.29, 0.717) is 12.4 Å². The van der Waals surface area contributed by atoms with Crippen molar-refractivity contribution in [3.63, 3.8) is 0 Å². The molecule has 0 saturated heterocycles. The van der Waals surface area contributed by atoms with Crippen LogP contribution < -0.4 is 5.32 Å². The van der Waals surface area contributed by atoms with Gasteiger partial charge >= 0.3 is 0 Å². The van der Waals surface area contributed by atoms with Crippen LogP contribution in [0, 0.1) is 0 Å². The Kier molecular flexibility index (Phi) is 3.84. The largest absolute Gasteiger partial charge is 0.360 e. The van der Waals surface area contributed by atoms with Crippen LogP contribution in [0.4, 0.5) is 5.82 Å². The minimum atomic E-state index is 0.0400. The molecule has 1 aromatic rings. The van der Waals surface area contributed by atoms with Gasteiger partial charge in [0.1, 0.15) is 5.82 Å². The van der Waals surface area contributed by atoms with Crippen LogP contribution >= 0.6 is 0 Å². The summed E-state index contributed by atoms with van der Waals surface area (Å²) in [5.41, 5.74) is 0. The fraction of sp³-hybridized carbons (Fsp3) is 0.444. The highest BCUT2D eigenvalue weighted by Crippen LogP contribution is 1.96. The average Bonchev–Trinajstić information content (AvgIpc) is 2.26. The highest BCUT2D eigenvalue weighted by atomic mass is 16.2. The first kappa shape index (κ1) is 10.4. The second kappa shape index (κ2) is 5.16. The third-order valence-corrected chi connectivity index (χ3v) is 1.88. The number of anilines is 1. The van der Waals surface area contributed by atoms with E-state index in [1.165, 1.54) is 0 Å². The van der Waals surface area contributed by atoms with Crippen LogP contribution in [0.2, 0.25) is 0 Å². The first-order valence-corrected chi connectivity index (χ1v) is 4.48. The Morgan fingerprint density at radius 3 is 2.93 bits per heavy atom. The monoisotopic (exact) mass is 194 g/mol. The molecule has 14 heavy (non-hydrogen) atoms. The average molecular weight is 194 g/mol. The topological polar surface area (TPSA) is 58.1 Å². The first-order chi connectivity index (χ1) is 6.74. The molecule has 76 valence electrons. The smallest absolute Gasteiger partial charge is 0.241 e. The minimum Gasteiger partial charge on any atom is -0.360 e. The standard InChI is InChI=1S/C9H14N4O/c1-3-13(2)9(14)7-12-8-6-10-4-5-11-8/h4-6H,3,7H2,1-2H3,(H,11,12). The molecule has 1 N–H and O–H groups in total. The van der Waals surface area contributed by atoms with E-state index >= 15 is 0 Å². The van der Waals surface area contributed by atoms with Crippen LogP contribution in [0.15, 0.2) is 18.6 Å². The van der Waals surface area contributed by atoms with Crippen LogP contribution in [0.5, 0.6) is 0 Å². The Bertz CT molecular complexity index is 288. The molecular weight excluding hydrogens is 180 g/mol. The molecule has 0 aromatic carbocycles. The number of nitrogens with one attached hydrogen (secondary N) is 1. The summed E-state index contributed by atoms with van der Waals surface area (Å²) in [6.45, 7) is 2.89. The predicted octanol–water partition coefficient (Wildman–Crippen LogP) is 0.367. The van der Waals surface area contributed by atoms with Crippen molar-refractivity contribution in [1.29, 1.82) is 0 Å². The Labute approximate surface area is 83.2 Å². The molecule has 0 fully saturated rings. The van der Waals surface area contributed by atoms with E-state index in [2.05, 4.69) is 15.3 Å². The van der Waals surface area contributed by atoms with Gasteiger partial charge in [-0.05, 0) is 6.92 Å². The van der Waals surface area contributed by atoms with Gasteiger partial charge in [0.15, 0.2) is 0 Å². The molecule has 1 heterocycles. The van der Waals surface area contributed by atoms with E-state index in [9.17, 15) is 4.79 Å². The number of hydrogen-bond acceptors (Lipinski definition) is 4. The van der Waals surface area contributed by atoms with Crippen LogP contribution in [0.3, 0.4) is 0 Å². The van der Waals surface area contributed by atoms with Crippen molar-refractivity contribution in [3.05, 3.63) is 18.6 Å². The van der Waals surface area contributed by atoms with E-state index in [0.717, 1.165) is 0 Å². The summed E-state index contributed by atoms with van der Waals surface area (Å²) in [5.74, 6) is 0.656. The summed E-state index contributed by atoms with van der Waals surface area (Å²) >= 11 is 0. The maximum atomic E-state index is 11.4. The maximum absolute atomic E-state index is 11.4. The van der Waals surface area contributed by atoms with E-state index in [1.54, 1.807) is 30.5 Å². The maximum Gasteiger partial charge on any atom is 0.241 e. The van der Waals surface area contributed by atoms with Crippen LogP contribution in [0.1, 0.15) is 6.92 Å². The molecule has 0 aliphatic heterocycles. The second-order valence-corrected chi connectivity index (χ2v) is 2.85. The number of nitrogens with zero attached hydrogens (tertiary/aromatic N) is 3. The summed E-state index contributed by atoms with van der Waals surface area (Å²) in [7, 11) is 1.76. The lowest BCUT2D eigenvalue weighted by atomic mass is 10.5. The van der Waals surface area contributed by atoms with Gasteiger partial charge in [0.25, 0.3) is 0 Å². The number of amides is 1. The summed E-state index contributed by atoms with van der Waals surface area (Å²) in [4.78, 5) is 20.9. The lowest BCUT2D eigenvalue weighted by Crippen LogP contribution is -2.32. The van der Waals surface area contributed by atoms with Gasteiger partial charge in [0, 0.05) is 26.0 Å². The van der Waals surface area contributed by atoms with Gasteiger partial charge in [-0.3, -0.25) is 9.78 Å². The minimum absolute atomic E-state index is 0.0400. The second-order valence-electron chi connectivity index (χ2n) is 2.85. The molecule has 0 unspecified atom stereocenters. The molecule has 5 nitrogen and oxygen atoms in total. The van der Waals surface area contributed by atoms with Crippen molar-refractivity contribution in [2.75, 3.05) is 25.5 Å². The Balaban J connectivity index is 2.38. The molecule has 0 bridgehead atoms. The molecule has 0 radical (unpaired) electrons. The van der Waals surface area contributed by atoms with Gasteiger partial charge < -0.3 is 10.2 Å². The van der Waals surface area contributed by atoms with Gasteiger partial charge in [0.05, 0.1) is 12.7 Å². The summed E-state index contributed by atoms with van der Waals surface area (Å²) in [6.07, 6.45) is 4.75. The third-order valence-electron chi connectivity index (χ3n) is 1.88. The predicted molar refractivity (Wildman–Crippen MR) is 53.8 cm³/mol. The van der Waals surface area contributed by atoms with E-state index in [-0.39, 0.29) is 12.5 Å². The molecule has 0 spiro atoms. The highest BCUT2D eigenvalue weighted by molar-refractivity contribution is 5.80. The fourth-order valence-electron chi connectivity index (χ4n) is 0.868. The Hall–Kier alpha value is -1.65. The zero-order valence-corrected chi connectivity index (χ0v) is 8.40. The van der Waals surface area contributed by atoms with Gasteiger partial charge in [0.2, 0.25) is 5.91 Å². The summed E-state index contributed by atoms with van der Waals surface area (Å²) < 4.78 is 0. The zero-order chi connectivity index (χ0) is 10.4. The van der Waals surface area contributed by atoms with Gasteiger partial charge in [-0.25, -0.2) is 4.98 Å². The van der Waals surface area contributed by atoms with E-state index in [1.807, 2.05) is 6.92 Å². The number of carbonyl (C=O) groups is 1. The first-order valence-electron chi connectivity index (χ1n) is 4.48. The number of hydrogen-bond donors (Lipinski definition) is 1. The normalized spacial score (nSPS) is 9.57. The molecule has 1 amide bonds. The lowest BCUT2D eigenvalue weighted by molar-refractivity contribution is -0.127. The van der Waals surface area contributed by atoms with E-state index < -0.39 is 0 Å². The van der Waals surface area contributed by atoms with Crippen molar-refractivity contribution >= 4 is 11.7 Å². The fourth-order valence-corrected chi connectivity index (χ4v) is 0.868. The molecule has 5 heteroatoms. The van der Waals surface area contributed by atoms with Crippen LogP contribution in [-0.2, 0) is 4.79 Å². The van der Waals surface area contributed by atoms with Crippen molar-refractivity contribution < 1.29 is 4.79 Å². The molecule has 0 aliphatic carbocycles. The molecule has 1 aromatic heterocycles. The van der Waals surface area contributed by atoms with Crippen molar-refractivity contribution in [3.8, 4) is 0 Å². The highest BCUT2D eigenvalue weighted by Gasteiger charge is 2.05. The van der Waals surface area contributed by atoms with Gasteiger partial charge in [-0.15, -0.1) is 0 Å². The van der Waals surface area contributed by atoms with Gasteiger partial charge in [-0.1, -0.05) is 0 Å². The van der Waals surface area contributed by atoms with Crippen molar-refractivity contribution in [1.82, 2.24) is 14.9 Å². The summed E-state index contributed by atoms with van der Waals surface area (Å²) in [6, 6.07) is 0. The van der Waals surface area contributed by atoms with Gasteiger partial charge in [-0.2, -0.15) is 0 Å². The summed E-state index contributed by atoms with van der Waals surface area (Å²) in [5, 5.41) is 2.89. The zero-order valence-electron chi connectivity index (χ0n) is 8.40. The number of aromatic nitrogens is 2. The number of rotatable bonds is 4. The Morgan fingerprint density at radius 2 is 2.36 bits per heavy atom. The molecular formula is C9H14N4O. The molecule has 1 rings (SSSR count). The molecule has 0 saturated carbocycles. The van der Waals surface area contributed by atoms with Crippen molar-refractivity contribution in [2.45, 2.75) is 6.92 Å². The SMILES string of the molecule is CCN(C)C(=O)CNc1cnccn1. The van der Waals surface area contributed by atoms with Crippen LogP contribution in [0.25, 0.3) is 0 Å². The van der Waals surface area contributed by atoms with Crippen molar-refractivity contribution in [2.24, 2.45) is 0 Å². The molecule has 0 atom stereocenters. The number of carbonyl (C=O) groups excluding carboxylic acids is 1. The quantitative estimate of drug-likeness (QED) is 0.752. The van der Waals surface area contributed by atoms with Crippen LogP contribution in [-0.4, -0.2) is 40.9 Å².